The molecule has 2 aromatic rings. The van der Waals surface area contributed by atoms with Crippen molar-refractivity contribution in [3.05, 3.63) is 30.0 Å². The monoisotopic (exact) mass is 273 g/mol. The Labute approximate surface area is 120 Å². The molecular weight excluding hydrogens is 250 g/mol. The fraction of sp³-hybridized carbons (Fsp3) is 0.562. The zero-order valence-electron chi connectivity index (χ0n) is 12.5. The predicted molar refractivity (Wildman–Crippen MR) is 80.9 cm³/mol. The number of aryl methyl sites for hydroxylation is 1. The molecule has 1 atom stereocenters. The molecule has 0 bridgehead atoms. The van der Waals surface area contributed by atoms with Gasteiger partial charge in [0.1, 0.15) is 0 Å². The first-order valence-corrected chi connectivity index (χ1v) is 7.33. The van der Waals surface area contributed by atoms with Crippen LogP contribution in [0, 0.1) is 0 Å². The summed E-state index contributed by atoms with van der Waals surface area (Å²) in [7, 11) is 5.87. The van der Waals surface area contributed by atoms with Gasteiger partial charge >= 0.3 is 0 Å². The lowest BCUT2D eigenvalue weighted by atomic mass is 9.73. The smallest absolute Gasteiger partial charge is 0.0834 e. The lowest BCUT2D eigenvalue weighted by Gasteiger charge is -2.46. The molecule has 0 amide bonds. The Balaban J connectivity index is 1.92. The van der Waals surface area contributed by atoms with E-state index in [9.17, 15) is 0 Å². The van der Waals surface area contributed by atoms with Gasteiger partial charge in [0.15, 0.2) is 0 Å². The summed E-state index contributed by atoms with van der Waals surface area (Å²) < 4.78 is 7.79. The summed E-state index contributed by atoms with van der Waals surface area (Å²) >= 11 is 0. The molecule has 0 radical (unpaired) electrons. The van der Waals surface area contributed by atoms with Gasteiger partial charge in [-0.2, -0.15) is 5.10 Å². The second-order valence-corrected chi connectivity index (χ2v) is 5.76. The van der Waals surface area contributed by atoms with Crippen LogP contribution in [-0.2, 0) is 18.2 Å². The highest BCUT2D eigenvalue weighted by Crippen LogP contribution is 2.39. The third-order valence-electron chi connectivity index (χ3n) is 4.82. The standard InChI is InChI=1S/C16H23N3O/c1-17-15(16(20-3)9-6-10-16)11-13-12-7-4-5-8-14(12)19(2)18-13/h4-5,7-8,15,17H,6,9-11H2,1-3H3. The molecule has 1 heterocycles. The summed E-state index contributed by atoms with van der Waals surface area (Å²) in [5.74, 6) is 0. The number of benzene rings is 1. The number of fused-ring (bicyclic) bond motifs is 1. The van der Waals surface area contributed by atoms with Gasteiger partial charge in [-0.3, -0.25) is 4.68 Å². The Kier molecular flexibility index (Phi) is 3.52. The maximum absolute atomic E-state index is 5.82. The summed E-state index contributed by atoms with van der Waals surface area (Å²) in [5, 5.41) is 9.40. The van der Waals surface area contributed by atoms with E-state index < -0.39 is 0 Å². The van der Waals surface area contributed by atoms with Gasteiger partial charge < -0.3 is 10.1 Å². The fourth-order valence-electron chi connectivity index (χ4n) is 3.40. The number of likely N-dealkylation sites (N-methyl/N-ethyl adjacent to an activating group) is 1. The summed E-state index contributed by atoms with van der Waals surface area (Å²) in [5.41, 5.74) is 2.34. The predicted octanol–water partition coefficient (Wildman–Crippen LogP) is 2.27. The van der Waals surface area contributed by atoms with E-state index in [1.165, 1.54) is 17.3 Å². The molecule has 1 fully saturated rings. The minimum Gasteiger partial charge on any atom is -0.377 e. The van der Waals surface area contributed by atoms with Crippen LogP contribution < -0.4 is 5.32 Å². The molecule has 1 N–H and O–H groups in total. The molecule has 0 aliphatic heterocycles. The van der Waals surface area contributed by atoms with Crippen LogP contribution in [0.5, 0.6) is 0 Å². The van der Waals surface area contributed by atoms with E-state index in [1.807, 2.05) is 25.9 Å². The second-order valence-electron chi connectivity index (χ2n) is 5.76. The molecule has 1 saturated carbocycles. The average molecular weight is 273 g/mol. The number of rotatable bonds is 5. The van der Waals surface area contributed by atoms with E-state index in [4.69, 9.17) is 9.84 Å². The molecule has 108 valence electrons. The summed E-state index contributed by atoms with van der Waals surface area (Å²) in [6.45, 7) is 0. The number of aromatic nitrogens is 2. The SMILES string of the molecule is CNC(Cc1nn(C)c2ccccc12)C1(OC)CCC1. The van der Waals surface area contributed by atoms with Crippen molar-refractivity contribution < 1.29 is 4.74 Å². The van der Waals surface area contributed by atoms with Crippen molar-refractivity contribution in [2.24, 2.45) is 7.05 Å². The zero-order chi connectivity index (χ0) is 14.2. The van der Waals surface area contributed by atoms with Crippen LogP contribution >= 0.6 is 0 Å². The third-order valence-corrected chi connectivity index (χ3v) is 4.82. The van der Waals surface area contributed by atoms with E-state index in [1.54, 1.807) is 0 Å². The molecule has 20 heavy (non-hydrogen) atoms. The number of methoxy groups -OCH3 is 1. The van der Waals surface area contributed by atoms with Gasteiger partial charge in [0, 0.05) is 32.0 Å². The van der Waals surface area contributed by atoms with Crippen LogP contribution in [0.1, 0.15) is 25.0 Å². The highest BCUT2D eigenvalue weighted by atomic mass is 16.5. The van der Waals surface area contributed by atoms with Crippen LogP contribution in [0.2, 0.25) is 0 Å². The number of ether oxygens (including phenoxy) is 1. The first kappa shape index (κ1) is 13.6. The topological polar surface area (TPSA) is 39.1 Å². The van der Waals surface area contributed by atoms with E-state index >= 15 is 0 Å². The minimum atomic E-state index is -0.00657. The lowest BCUT2D eigenvalue weighted by molar-refractivity contribution is -0.0967. The van der Waals surface area contributed by atoms with Gasteiger partial charge in [-0.05, 0) is 32.4 Å². The highest BCUT2D eigenvalue weighted by molar-refractivity contribution is 5.81. The van der Waals surface area contributed by atoms with Crippen molar-refractivity contribution in [3.63, 3.8) is 0 Å². The normalized spacial score (nSPS) is 18.9. The molecule has 1 aromatic carbocycles. The highest BCUT2D eigenvalue weighted by Gasteiger charge is 2.44. The van der Waals surface area contributed by atoms with E-state index in [2.05, 4.69) is 29.6 Å². The quantitative estimate of drug-likeness (QED) is 0.908. The Hall–Kier alpha value is -1.39. The number of nitrogens with one attached hydrogen (secondary N) is 1. The zero-order valence-corrected chi connectivity index (χ0v) is 12.5. The molecule has 0 saturated heterocycles. The van der Waals surface area contributed by atoms with Crippen LogP contribution in [-0.4, -0.2) is 35.6 Å². The maximum atomic E-state index is 5.82. The summed E-state index contributed by atoms with van der Waals surface area (Å²) in [6.07, 6.45) is 4.44. The molecule has 4 nitrogen and oxygen atoms in total. The van der Waals surface area contributed by atoms with E-state index in [0.717, 1.165) is 25.0 Å². The second kappa shape index (κ2) is 5.19. The van der Waals surface area contributed by atoms with Crippen molar-refractivity contribution in [3.8, 4) is 0 Å². The lowest BCUT2D eigenvalue weighted by Crippen LogP contribution is -2.56. The van der Waals surface area contributed by atoms with Gasteiger partial charge in [-0.1, -0.05) is 18.2 Å². The van der Waals surface area contributed by atoms with E-state index in [0.29, 0.717) is 6.04 Å². The Bertz CT molecular complexity index is 595. The number of hydrogen-bond acceptors (Lipinski definition) is 3. The molecule has 3 rings (SSSR count). The van der Waals surface area contributed by atoms with Gasteiger partial charge in [0.05, 0.1) is 16.8 Å². The van der Waals surface area contributed by atoms with Crippen molar-refractivity contribution >= 4 is 10.9 Å². The maximum Gasteiger partial charge on any atom is 0.0834 e. The molecule has 1 unspecified atom stereocenters. The molecule has 1 aromatic heterocycles. The van der Waals surface area contributed by atoms with Crippen LogP contribution in [0.15, 0.2) is 24.3 Å². The summed E-state index contributed by atoms with van der Waals surface area (Å²) in [4.78, 5) is 0. The number of hydrogen-bond donors (Lipinski definition) is 1. The van der Waals surface area contributed by atoms with Gasteiger partial charge in [0.25, 0.3) is 0 Å². The van der Waals surface area contributed by atoms with Gasteiger partial charge in [-0.15, -0.1) is 0 Å². The van der Waals surface area contributed by atoms with Gasteiger partial charge in [0.2, 0.25) is 0 Å². The molecule has 4 heteroatoms. The molecular formula is C16H23N3O. The molecule has 1 aliphatic carbocycles. The summed E-state index contributed by atoms with van der Waals surface area (Å²) in [6, 6.07) is 8.74. The first-order valence-electron chi connectivity index (χ1n) is 7.33. The molecule has 1 aliphatic rings. The van der Waals surface area contributed by atoms with Crippen molar-refractivity contribution in [1.82, 2.24) is 15.1 Å². The Morgan fingerprint density at radius 3 is 2.75 bits per heavy atom. The van der Waals surface area contributed by atoms with Crippen molar-refractivity contribution in [1.29, 1.82) is 0 Å². The average Bonchev–Trinajstić information content (AvgIpc) is 2.74. The van der Waals surface area contributed by atoms with Crippen LogP contribution in [0.3, 0.4) is 0 Å². The van der Waals surface area contributed by atoms with Crippen LogP contribution in [0.25, 0.3) is 10.9 Å². The minimum absolute atomic E-state index is 0.00657. The largest absolute Gasteiger partial charge is 0.377 e. The van der Waals surface area contributed by atoms with Crippen molar-refractivity contribution in [2.45, 2.75) is 37.3 Å². The number of nitrogens with zero attached hydrogens (tertiary/aromatic N) is 2. The van der Waals surface area contributed by atoms with Gasteiger partial charge in [-0.25, -0.2) is 0 Å². The Morgan fingerprint density at radius 2 is 2.15 bits per heavy atom. The van der Waals surface area contributed by atoms with Crippen LogP contribution in [0.4, 0.5) is 0 Å². The third kappa shape index (κ3) is 2.03. The fourth-order valence-corrected chi connectivity index (χ4v) is 3.40. The van der Waals surface area contributed by atoms with Crippen molar-refractivity contribution in [2.75, 3.05) is 14.2 Å². The molecule has 0 spiro atoms. The Morgan fingerprint density at radius 1 is 1.40 bits per heavy atom. The van der Waals surface area contributed by atoms with E-state index in [-0.39, 0.29) is 5.60 Å². The number of para-hydroxylation sites is 1. The first-order chi connectivity index (χ1) is 9.70.